The third kappa shape index (κ3) is 5.75. The van der Waals surface area contributed by atoms with Crippen molar-refractivity contribution in [2.24, 2.45) is 17.1 Å². The van der Waals surface area contributed by atoms with Gasteiger partial charge in [0.05, 0.1) is 5.69 Å². The topological polar surface area (TPSA) is 68.0 Å². The number of rotatable bonds is 7. The number of nitrogens with one attached hydrogen (secondary N) is 1. The van der Waals surface area contributed by atoms with E-state index in [2.05, 4.69) is 38.0 Å². The number of carbonyl (C=O) groups excluding carboxylic acids is 1. The summed E-state index contributed by atoms with van der Waals surface area (Å²) in [6.45, 7) is 11.4. The van der Waals surface area contributed by atoms with Crippen molar-refractivity contribution < 1.29 is 4.79 Å². The number of nitrogens with two attached hydrogens (primary N) is 1. The second-order valence-corrected chi connectivity index (χ2v) is 7.81. The summed E-state index contributed by atoms with van der Waals surface area (Å²) in [5.41, 5.74) is 6.94. The zero-order valence-corrected chi connectivity index (χ0v) is 14.8. The number of nitrogens with zero attached hydrogens (tertiary/aromatic N) is 1. The zero-order valence-electron chi connectivity index (χ0n) is 14.0. The van der Waals surface area contributed by atoms with E-state index in [1.54, 1.807) is 11.3 Å². The quantitative estimate of drug-likeness (QED) is 0.806. The molecule has 1 atom stereocenters. The average molecular weight is 311 g/mol. The van der Waals surface area contributed by atoms with Gasteiger partial charge in [-0.2, -0.15) is 0 Å². The molecule has 0 saturated carbocycles. The van der Waals surface area contributed by atoms with Crippen LogP contribution in [0.25, 0.3) is 0 Å². The second kappa shape index (κ2) is 7.90. The molecule has 1 rings (SSSR count). The summed E-state index contributed by atoms with van der Waals surface area (Å²) < 4.78 is 0. The van der Waals surface area contributed by atoms with Gasteiger partial charge in [0.1, 0.15) is 0 Å². The Morgan fingerprint density at radius 3 is 2.52 bits per heavy atom. The van der Waals surface area contributed by atoms with Crippen LogP contribution in [0.2, 0.25) is 0 Å². The van der Waals surface area contributed by atoms with Crippen molar-refractivity contribution in [3.05, 3.63) is 10.6 Å². The maximum Gasteiger partial charge on any atom is 0.226 e. The fourth-order valence-corrected chi connectivity index (χ4v) is 3.43. The van der Waals surface area contributed by atoms with E-state index in [1.807, 2.05) is 6.92 Å². The smallest absolute Gasteiger partial charge is 0.226 e. The van der Waals surface area contributed by atoms with Crippen LogP contribution in [-0.4, -0.2) is 17.4 Å². The molecule has 0 aliphatic carbocycles. The minimum absolute atomic E-state index is 0.0534. The van der Waals surface area contributed by atoms with E-state index in [-0.39, 0.29) is 11.3 Å². The Balaban J connectivity index is 2.52. The summed E-state index contributed by atoms with van der Waals surface area (Å²) in [5, 5.41) is 3.65. The zero-order chi connectivity index (χ0) is 16.0. The Morgan fingerprint density at radius 2 is 2.05 bits per heavy atom. The molecule has 0 aliphatic heterocycles. The Hall–Kier alpha value is -0.940. The van der Waals surface area contributed by atoms with Gasteiger partial charge in [0.15, 0.2) is 5.13 Å². The van der Waals surface area contributed by atoms with Crippen molar-refractivity contribution in [3.8, 4) is 0 Å². The Labute approximate surface area is 132 Å². The maximum atomic E-state index is 12.1. The van der Waals surface area contributed by atoms with Gasteiger partial charge < -0.3 is 11.1 Å². The van der Waals surface area contributed by atoms with Crippen LogP contribution in [0.15, 0.2) is 0 Å². The van der Waals surface area contributed by atoms with Crippen LogP contribution in [0.1, 0.15) is 57.5 Å². The Kier molecular flexibility index (Phi) is 6.81. The fraction of sp³-hybridized carbons (Fsp3) is 0.750. The molecule has 3 N–H and O–H groups in total. The van der Waals surface area contributed by atoms with Gasteiger partial charge in [0, 0.05) is 11.3 Å². The minimum atomic E-state index is 0.0534. The summed E-state index contributed by atoms with van der Waals surface area (Å²) >= 11 is 1.55. The van der Waals surface area contributed by atoms with Crippen LogP contribution in [-0.2, 0) is 11.2 Å². The standard InChI is InChI=1S/C16H29N3OS/c1-6-13-11(2)21-15(18-13)19-14(20)8-7-12(9-10-17)16(3,4)5/h12H,6-10,17H2,1-5H3,(H,18,19,20). The SMILES string of the molecule is CCc1nc(NC(=O)CCC(CCN)C(C)(C)C)sc1C. The van der Waals surface area contributed by atoms with Crippen molar-refractivity contribution in [1.82, 2.24) is 4.98 Å². The summed E-state index contributed by atoms with van der Waals surface area (Å²) in [6, 6.07) is 0. The lowest BCUT2D eigenvalue weighted by Gasteiger charge is -2.30. The Morgan fingerprint density at radius 1 is 1.38 bits per heavy atom. The fourth-order valence-electron chi connectivity index (χ4n) is 2.51. The number of aromatic nitrogens is 1. The molecule has 1 aromatic rings. The number of amides is 1. The number of anilines is 1. The summed E-state index contributed by atoms with van der Waals surface area (Å²) in [5.74, 6) is 0.523. The maximum absolute atomic E-state index is 12.1. The highest BCUT2D eigenvalue weighted by Gasteiger charge is 2.24. The first-order chi connectivity index (χ1) is 9.77. The van der Waals surface area contributed by atoms with Crippen LogP contribution in [0.4, 0.5) is 5.13 Å². The van der Waals surface area contributed by atoms with Gasteiger partial charge in [-0.3, -0.25) is 4.79 Å². The number of carbonyl (C=O) groups is 1. The van der Waals surface area contributed by atoms with Gasteiger partial charge in [-0.25, -0.2) is 4.98 Å². The number of aryl methyl sites for hydroxylation is 2. The van der Waals surface area contributed by atoms with Gasteiger partial charge in [-0.15, -0.1) is 11.3 Å². The van der Waals surface area contributed by atoms with E-state index < -0.39 is 0 Å². The number of thiazole rings is 1. The normalized spacial score (nSPS) is 13.2. The molecule has 1 heterocycles. The number of hydrogen-bond donors (Lipinski definition) is 2. The first kappa shape index (κ1) is 18.1. The molecule has 0 aromatic carbocycles. The van der Waals surface area contributed by atoms with E-state index in [1.165, 1.54) is 4.88 Å². The molecule has 0 saturated heterocycles. The molecule has 1 aromatic heterocycles. The third-order valence-corrected chi connectivity index (χ3v) is 4.86. The second-order valence-electron chi connectivity index (χ2n) is 6.60. The van der Waals surface area contributed by atoms with Crippen LogP contribution in [0, 0.1) is 18.3 Å². The molecule has 4 nitrogen and oxygen atoms in total. The van der Waals surface area contributed by atoms with E-state index in [0.717, 1.165) is 30.1 Å². The van der Waals surface area contributed by atoms with Crippen molar-refractivity contribution in [2.75, 3.05) is 11.9 Å². The molecular weight excluding hydrogens is 282 g/mol. The lowest BCUT2D eigenvalue weighted by atomic mass is 9.76. The van der Waals surface area contributed by atoms with E-state index in [0.29, 0.717) is 18.9 Å². The van der Waals surface area contributed by atoms with Crippen LogP contribution in [0.5, 0.6) is 0 Å². The highest BCUT2D eigenvalue weighted by molar-refractivity contribution is 7.15. The first-order valence-corrected chi connectivity index (χ1v) is 8.55. The van der Waals surface area contributed by atoms with Gasteiger partial charge >= 0.3 is 0 Å². The van der Waals surface area contributed by atoms with E-state index >= 15 is 0 Å². The lowest BCUT2D eigenvalue weighted by Crippen LogP contribution is -2.25. The predicted molar refractivity (Wildman–Crippen MR) is 90.7 cm³/mol. The first-order valence-electron chi connectivity index (χ1n) is 7.74. The van der Waals surface area contributed by atoms with Crippen molar-refractivity contribution in [3.63, 3.8) is 0 Å². The summed E-state index contributed by atoms with van der Waals surface area (Å²) in [4.78, 5) is 17.7. The molecular formula is C16H29N3OS. The molecule has 0 spiro atoms. The molecule has 0 bridgehead atoms. The molecule has 120 valence electrons. The van der Waals surface area contributed by atoms with Gasteiger partial charge in [0.25, 0.3) is 0 Å². The highest BCUT2D eigenvalue weighted by atomic mass is 32.1. The van der Waals surface area contributed by atoms with Crippen molar-refractivity contribution >= 4 is 22.4 Å². The largest absolute Gasteiger partial charge is 0.330 e. The van der Waals surface area contributed by atoms with Crippen LogP contribution < -0.4 is 11.1 Å². The molecule has 0 aliphatic rings. The van der Waals surface area contributed by atoms with Crippen molar-refractivity contribution in [2.45, 2.75) is 60.3 Å². The molecule has 21 heavy (non-hydrogen) atoms. The highest BCUT2D eigenvalue weighted by Crippen LogP contribution is 2.32. The van der Waals surface area contributed by atoms with Gasteiger partial charge in [0.2, 0.25) is 5.91 Å². The van der Waals surface area contributed by atoms with E-state index in [9.17, 15) is 4.79 Å². The lowest BCUT2D eigenvalue weighted by molar-refractivity contribution is -0.116. The molecule has 5 heteroatoms. The molecule has 1 amide bonds. The van der Waals surface area contributed by atoms with Crippen molar-refractivity contribution in [1.29, 1.82) is 0 Å². The molecule has 1 unspecified atom stereocenters. The van der Waals surface area contributed by atoms with Crippen LogP contribution >= 0.6 is 11.3 Å². The van der Waals surface area contributed by atoms with Gasteiger partial charge in [-0.1, -0.05) is 27.7 Å². The average Bonchev–Trinajstić information content (AvgIpc) is 2.73. The third-order valence-electron chi connectivity index (χ3n) is 3.93. The molecule has 0 radical (unpaired) electrons. The predicted octanol–water partition coefficient (Wildman–Crippen LogP) is 3.74. The Bertz CT molecular complexity index is 463. The van der Waals surface area contributed by atoms with E-state index in [4.69, 9.17) is 5.73 Å². The monoisotopic (exact) mass is 311 g/mol. The van der Waals surface area contributed by atoms with Crippen LogP contribution in [0.3, 0.4) is 0 Å². The summed E-state index contributed by atoms with van der Waals surface area (Å²) in [6.07, 6.45) is 3.27. The molecule has 0 fully saturated rings. The van der Waals surface area contributed by atoms with Gasteiger partial charge in [-0.05, 0) is 44.1 Å². The summed E-state index contributed by atoms with van der Waals surface area (Å²) in [7, 11) is 0. The minimum Gasteiger partial charge on any atom is -0.330 e. The number of hydrogen-bond acceptors (Lipinski definition) is 4.